The fourth-order valence-electron chi connectivity index (χ4n) is 2.17. The van der Waals surface area contributed by atoms with Crippen LogP contribution in [0.4, 0.5) is 8.78 Å². The van der Waals surface area contributed by atoms with Gasteiger partial charge in [-0.25, -0.2) is 9.36 Å². The molecule has 0 aliphatic heterocycles. The number of nitrogens with zero attached hydrogens (tertiary/aromatic N) is 3. The maximum absolute atomic E-state index is 12.9. The van der Waals surface area contributed by atoms with Gasteiger partial charge in [-0.15, -0.1) is 5.10 Å². The number of hydrogen-bond donors (Lipinski definition) is 0. The molecule has 0 aliphatic rings. The molecule has 0 saturated carbocycles. The molecule has 10 heteroatoms. The highest BCUT2D eigenvalue weighted by Gasteiger charge is 2.21. The number of aromatic nitrogens is 3. The predicted molar refractivity (Wildman–Crippen MR) is 81.7 cm³/mol. The molecule has 0 amide bonds. The molecule has 0 bridgehead atoms. The second-order valence-electron chi connectivity index (χ2n) is 5.21. The van der Waals surface area contributed by atoms with Crippen LogP contribution in [-0.2, 0) is 11.2 Å². The van der Waals surface area contributed by atoms with Crippen molar-refractivity contribution in [3.8, 4) is 5.69 Å². The van der Waals surface area contributed by atoms with Crippen molar-refractivity contribution in [1.29, 1.82) is 0 Å². The highest BCUT2D eigenvalue weighted by atomic mass is 35.5. The lowest BCUT2D eigenvalue weighted by atomic mass is 10.0. The Labute approximate surface area is 145 Å². The van der Waals surface area contributed by atoms with Gasteiger partial charge in [-0.3, -0.25) is 0 Å². The molecule has 1 heterocycles. The average molecular weight is 379 g/mol. The molecule has 0 saturated heterocycles. The molecule has 0 radical (unpaired) electrons. The van der Waals surface area contributed by atoms with E-state index in [9.17, 15) is 23.5 Å². The largest absolute Gasteiger partial charge is 0.550 e. The van der Waals surface area contributed by atoms with Gasteiger partial charge in [-0.05, 0) is 37.0 Å². The number of carboxylic acids is 1. The zero-order chi connectivity index (χ0) is 18.2. The van der Waals surface area contributed by atoms with E-state index in [0.29, 0.717) is 5.56 Å². The van der Waals surface area contributed by atoms with Crippen molar-refractivity contribution in [3.63, 3.8) is 0 Å². The topological polar surface area (TPSA) is 80.0 Å². The minimum absolute atomic E-state index is 0.0193. The standard InChI is InChI=1S/C14H13Cl2F2N3O3/c1-6(12(22)23)3-8-4-11(10(16)5-9(8)15)21-14(24)20(13(17)18)7(2)19-21/h4-6,13H,3H2,1-2H3,(H,22,23)/p-1. The van der Waals surface area contributed by atoms with Gasteiger partial charge in [-0.1, -0.05) is 30.1 Å². The molecule has 0 fully saturated rings. The first-order chi connectivity index (χ1) is 11.1. The van der Waals surface area contributed by atoms with E-state index in [-0.39, 0.29) is 32.5 Å². The molecule has 2 aromatic rings. The van der Waals surface area contributed by atoms with Gasteiger partial charge >= 0.3 is 12.2 Å². The third-order valence-electron chi connectivity index (χ3n) is 3.45. The quantitative estimate of drug-likeness (QED) is 0.796. The van der Waals surface area contributed by atoms with E-state index in [0.717, 1.165) is 4.68 Å². The third kappa shape index (κ3) is 3.44. The monoisotopic (exact) mass is 378 g/mol. The van der Waals surface area contributed by atoms with Crippen LogP contribution in [0.1, 0.15) is 24.9 Å². The summed E-state index contributed by atoms with van der Waals surface area (Å²) in [6.07, 6.45) is 0.0224. The fourth-order valence-corrected chi connectivity index (χ4v) is 2.71. The Balaban J connectivity index is 2.58. The molecule has 24 heavy (non-hydrogen) atoms. The van der Waals surface area contributed by atoms with Crippen LogP contribution in [0.15, 0.2) is 16.9 Å². The van der Waals surface area contributed by atoms with Gasteiger partial charge in [0.1, 0.15) is 5.82 Å². The normalized spacial score (nSPS) is 12.6. The molecule has 0 aliphatic carbocycles. The van der Waals surface area contributed by atoms with Crippen LogP contribution < -0.4 is 10.8 Å². The molecule has 0 spiro atoms. The number of hydrogen-bond acceptors (Lipinski definition) is 4. The van der Waals surface area contributed by atoms with E-state index in [4.69, 9.17) is 23.2 Å². The lowest BCUT2D eigenvalue weighted by Crippen LogP contribution is -2.30. The molecule has 1 atom stereocenters. The first-order valence-corrected chi connectivity index (χ1v) is 7.54. The Morgan fingerprint density at radius 3 is 2.46 bits per heavy atom. The van der Waals surface area contributed by atoms with Crippen molar-refractivity contribution >= 4 is 29.2 Å². The van der Waals surface area contributed by atoms with Gasteiger partial charge in [0, 0.05) is 11.0 Å². The summed E-state index contributed by atoms with van der Waals surface area (Å²) in [5.41, 5.74) is -0.649. The van der Waals surface area contributed by atoms with Gasteiger partial charge in [0.05, 0.1) is 10.7 Å². The van der Waals surface area contributed by atoms with Crippen LogP contribution >= 0.6 is 23.2 Å². The second-order valence-corrected chi connectivity index (χ2v) is 6.02. The van der Waals surface area contributed by atoms with Gasteiger partial charge in [-0.2, -0.15) is 13.5 Å². The molecule has 0 N–H and O–H groups in total. The average Bonchev–Trinajstić information content (AvgIpc) is 2.76. The maximum atomic E-state index is 12.9. The Bertz CT molecular complexity index is 849. The number of halogens is 4. The number of rotatable bonds is 5. The Morgan fingerprint density at radius 2 is 1.96 bits per heavy atom. The summed E-state index contributed by atoms with van der Waals surface area (Å²) in [5.74, 6) is -2.29. The lowest BCUT2D eigenvalue weighted by molar-refractivity contribution is -0.310. The minimum Gasteiger partial charge on any atom is -0.550 e. The Kier molecular flexibility index (Phi) is 5.29. The molecule has 1 aromatic heterocycles. The zero-order valence-corrected chi connectivity index (χ0v) is 14.1. The van der Waals surface area contributed by atoms with Crippen molar-refractivity contribution < 1.29 is 18.7 Å². The summed E-state index contributed by atoms with van der Waals surface area (Å²) in [6.45, 7) is -0.357. The number of alkyl halides is 2. The van der Waals surface area contributed by atoms with Crippen molar-refractivity contribution in [3.05, 3.63) is 44.1 Å². The summed E-state index contributed by atoms with van der Waals surface area (Å²) in [7, 11) is 0. The van der Waals surface area contributed by atoms with Crippen LogP contribution in [-0.4, -0.2) is 20.3 Å². The van der Waals surface area contributed by atoms with E-state index in [2.05, 4.69) is 5.10 Å². The SMILES string of the molecule is Cc1nn(-c2cc(CC(C)C(=O)[O-])c(Cl)cc2Cl)c(=O)n1C(F)F. The van der Waals surface area contributed by atoms with Crippen LogP contribution in [0.5, 0.6) is 0 Å². The summed E-state index contributed by atoms with van der Waals surface area (Å²) in [5, 5.41) is 14.9. The van der Waals surface area contributed by atoms with Gasteiger partial charge in [0.2, 0.25) is 0 Å². The minimum atomic E-state index is -3.05. The van der Waals surface area contributed by atoms with Crippen LogP contribution in [0.25, 0.3) is 5.69 Å². The summed E-state index contributed by atoms with van der Waals surface area (Å²) in [4.78, 5) is 23.0. The molecular formula is C14H12Cl2F2N3O3-. The molecule has 1 aromatic carbocycles. The zero-order valence-electron chi connectivity index (χ0n) is 12.6. The summed E-state index contributed by atoms with van der Waals surface area (Å²) < 4.78 is 26.8. The van der Waals surface area contributed by atoms with Crippen LogP contribution in [0.2, 0.25) is 10.0 Å². The Morgan fingerprint density at radius 1 is 1.33 bits per heavy atom. The van der Waals surface area contributed by atoms with Gasteiger partial charge in [0.25, 0.3) is 0 Å². The number of aryl methyl sites for hydroxylation is 1. The fraction of sp³-hybridized carbons (Fsp3) is 0.357. The van der Waals surface area contributed by atoms with E-state index in [1.165, 1.54) is 26.0 Å². The molecule has 6 nitrogen and oxygen atoms in total. The van der Waals surface area contributed by atoms with E-state index >= 15 is 0 Å². The van der Waals surface area contributed by atoms with Crippen LogP contribution in [0, 0.1) is 12.8 Å². The first-order valence-electron chi connectivity index (χ1n) is 6.79. The molecular weight excluding hydrogens is 367 g/mol. The summed E-state index contributed by atoms with van der Waals surface area (Å²) >= 11 is 12.1. The van der Waals surface area contributed by atoms with E-state index in [1.807, 2.05) is 0 Å². The Hall–Kier alpha value is -1.93. The maximum Gasteiger partial charge on any atom is 0.355 e. The highest BCUT2D eigenvalue weighted by Crippen LogP contribution is 2.29. The number of carbonyl (C=O) groups is 1. The van der Waals surface area contributed by atoms with Crippen molar-refractivity contribution in [2.24, 2.45) is 5.92 Å². The number of carboxylic acid groups (broad SMARTS) is 1. The van der Waals surface area contributed by atoms with E-state index < -0.39 is 24.1 Å². The summed E-state index contributed by atoms with van der Waals surface area (Å²) in [6, 6.07) is 2.66. The van der Waals surface area contributed by atoms with Gasteiger partial charge < -0.3 is 9.90 Å². The number of benzene rings is 1. The number of carbonyl (C=O) groups excluding carboxylic acids is 1. The highest BCUT2D eigenvalue weighted by molar-refractivity contribution is 6.36. The first kappa shape index (κ1) is 18.4. The van der Waals surface area contributed by atoms with Gasteiger partial charge in [0.15, 0.2) is 0 Å². The van der Waals surface area contributed by atoms with Crippen molar-refractivity contribution in [1.82, 2.24) is 14.3 Å². The second kappa shape index (κ2) is 6.90. The van der Waals surface area contributed by atoms with Crippen molar-refractivity contribution in [2.45, 2.75) is 26.8 Å². The smallest absolute Gasteiger partial charge is 0.355 e. The molecule has 2 rings (SSSR count). The molecule has 130 valence electrons. The third-order valence-corrected chi connectivity index (χ3v) is 4.10. The number of aliphatic carboxylic acids is 1. The lowest BCUT2D eigenvalue weighted by Gasteiger charge is -2.15. The predicted octanol–water partition coefficient (Wildman–Crippen LogP) is 1.97. The van der Waals surface area contributed by atoms with E-state index in [1.54, 1.807) is 0 Å². The van der Waals surface area contributed by atoms with Crippen LogP contribution in [0.3, 0.4) is 0 Å². The van der Waals surface area contributed by atoms with Crippen molar-refractivity contribution in [2.75, 3.05) is 0 Å². The molecule has 1 unspecified atom stereocenters.